The van der Waals surface area contributed by atoms with Gasteiger partial charge in [-0.2, -0.15) is 0 Å². The number of thiazole rings is 1. The third-order valence-corrected chi connectivity index (χ3v) is 3.86. The van der Waals surface area contributed by atoms with Crippen molar-refractivity contribution in [3.63, 3.8) is 0 Å². The van der Waals surface area contributed by atoms with Crippen LogP contribution in [0.15, 0.2) is 48.0 Å². The molecule has 0 fully saturated rings. The van der Waals surface area contributed by atoms with E-state index in [1.165, 1.54) is 11.3 Å². The highest BCUT2D eigenvalue weighted by Crippen LogP contribution is 2.20. The van der Waals surface area contributed by atoms with E-state index in [4.69, 9.17) is 9.47 Å². The predicted octanol–water partition coefficient (Wildman–Crippen LogP) is 3.66. The van der Waals surface area contributed by atoms with Crippen LogP contribution < -0.4 is 4.74 Å². The second-order valence-corrected chi connectivity index (χ2v) is 5.35. The van der Waals surface area contributed by atoms with Gasteiger partial charge in [0.1, 0.15) is 12.4 Å². The van der Waals surface area contributed by atoms with E-state index in [0.717, 1.165) is 21.5 Å². The molecule has 5 heteroatoms. The maximum absolute atomic E-state index is 12.1. The van der Waals surface area contributed by atoms with Gasteiger partial charge in [0.25, 0.3) is 0 Å². The number of hydrogen-bond donors (Lipinski definition) is 0. The molecule has 4 nitrogen and oxygen atoms in total. The first-order valence-electron chi connectivity index (χ1n) is 6.39. The van der Waals surface area contributed by atoms with Crippen molar-refractivity contribution in [2.45, 2.75) is 6.61 Å². The zero-order chi connectivity index (χ0) is 14.7. The monoisotopic (exact) mass is 299 g/mol. The SMILES string of the molecule is COc1cccc(COC(=O)c2ccc3ncsc3c2)c1. The summed E-state index contributed by atoms with van der Waals surface area (Å²) in [4.78, 5) is 16.3. The second kappa shape index (κ2) is 5.93. The number of carbonyl (C=O) groups is 1. The highest BCUT2D eigenvalue weighted by atomic mass is 32.1. The summed E-state index contributed by atoms with van der Waals surface area (Å²) in [6.45, 7) is 0.219. The number of methoxy groups -OCH3 is 1. The van der Waals surface area contributed by atoms with Gasteiger partial charge in [-0.1, -0.05) is 12.1 Å². The van der Waals surface area contributed by atoms with E-state index in [1.807, 2.05) is 30.3 Å². The summed E-state index contributed by atoms with van der Waals surface area (Å²) >= 11 is 1.50. The maximum atomic E-state index is 12.1. The fraction of sp³-hybridized carbons (Fsp3) is 0.125. The van der Waals surface area contributed by atoms with Gasteiger partial charge < -0.3 is 9.47 Å². The van der Waals surface area contributed by atoms with Gasteiger partial charge in [-0.15, -0.1) is 11.3 Å². The topological polar surface area (TPSA) is 48.4 Å². The molecule has 0 aliphatic rings. The van der Waals surface area contributed by atoms with Crippen LogP contribution in [0.25, 0.3) is 10.2 Å². The summed E-state index contributed by atoms with van der Waals surface area (Å²) in [6.07, 6.45) is 0. The minimum atomic E-state index is -0.340. The Morgan fingerprint density at radius 1 is 1.24 bits per heavy atom. The lowest BCUT2D eigenvalue weighted by Gasteiger charge is -2.06. The fourth-order valence-electron chi connectivity index (χ4n) is 1.98. The predicted molar refractivity (Wildman–Crippen MR) is 81.7 cm³/mol. The molecule has 0 bridgehead atoms. The Morgan fingerprint density at radius 2 is 2.14 bits per heavy atom. The van der Waals surface area contributed by atoms with E-state index in [2.05, 4.69) is 4.98 Å². The highest BCUT2D eigenvalue weighted by molar-refractivity contribution is 7.16. The number of fused-ring (bicyclic) bond motifs is 1. The van der Waals surface area contributed by atoms with Crippen LogP contribution in [0.3, 0.4) is 0 Å². The van der Waals surface area contributed by atoms with Crippen LogP contribution in [0, 0.1) is 0 Å². The highest BCUT2D eigenvalue weighted by Gasteiger charge is 2.09. The molecule has 21 heavy (non-hydrogen) atoms. The Bertz CT molecular complexity index is 782. The first-order chi connectivity index (χ1) is 10.3. The quantitative estimate of drug-likeness (QED) is 0.690. The van der Waals surface area contributed by atoms with Crippen LogP contribution in [0.1, 0.15) is 15.9 Å². The van der Waals surface area contributed by atoms with E-state index in [1.54, 1.807) is 24.8 Å². The van der Waals surface area contributed by atoms with Crippen molar-refractivity contribution in [3.8, 4) is 5.75 Å². The minimum absolute atomic E-state index is 0.219. The molecule has 0 amide bonds. The zero-order valence-corrected chi connectivity index (χ0v) is 12.2. The third-order valence-electron chi connectivity index (χ3n) is 3.07. The molecule has 2 aromatic carbocycles. The van der Waals surface area contributed by atoms with Gasteiger partial charge in [0, 0.05) is 0 Å². The maximum Gasteiger partial charge on any atom is 0.338 e. The molecule has 0 spiro atoms. The van der Waals surface area contributed by atoms with Gasteiger partial charge in [0.2, 0.25) is 0 Å². The van der Waals surface area contributed by atoms with Crippen molar-refractivity contribution >= 4 is 27.5 Å². The lowest BCUT2D eigenvalue weighted by Crippen LogP contribution is -2.05. The number of benzene rings is 2. The van der Waals surface area contributed by atoms with Crippen LogP contribution in [0.4, 0.5) is 0 Å². The lowest BCUT2D eigenvalue weighted by atomic mass is 10.2. The molecule has 0 aliphatic heterocycles. The Morgan fingerprint density at radius 3 is 3.00 bits per heavy atom. The molecule has 106 valence electrons. The summed E-state index contributed by atoms with van der Waals surface area (Å²) in [5.41, 5.74) is 4.08. The Kier molecular flexibility index (Phi) is 3.83. The molecule has 0 saturated carbocycles. The van der Waals surface area contributed by atoms with E-state index >= 15 is 0 Å². The minimum Gasteiger partial charge on any atom is -0.497 e. The molecule has 0 radical (unpaired) electrons. The standard InChI is InChI=1S/C16H13NO3S/c1-19-13-4-2-3-11(7-13)9-20-16(18)12-5-6-14-15(8-12)21-10-17-14/h2-8,10H,9H2,1H3. The molecule has 3 aromatic rings. The number of hydrogen-bond acceptors (Lipinski definition) is 5. The van der Waals surface area contributed by atoms with Crippen molar-refractivity contribution in [3.05, 3.63) is 59.1 Å². The van der Waals surface area contributed by atoms with Crippen molar-refractivity contribution in [2.75, 3.05) is 7.11 Å². The van der Waals surface area contributed by atoms with Gasteiger partial charge in [0.05, 0.1) is 28.4 Å². The Balaban J connectivity index is 1.70. The van der Waals surface area contributed by atoms with Crippen molar-refractivity contribution in [1.82, 2.24) is 4.98 Å². The number of ether oxygens (including phenoxy) is 2. The second-order valence-electron chi connectivity index (χ2n) is 4.46. The molecule has 0 unspecified atom stereocenters. The molecule has 0 aliphatic carbocycles. The van der Waals surface area contributed by atoms with Gasteiger partial charge >= 0.3 is 5.97 Å². The number of esters is 1. The van der Waals surface area contributed by atoms with E-state index in [0.29, 0.717) is 5.56 Å². The van der Waals surface area contributed by atoms with Crippen LogP contribution in [0.2, 0.25) is 0 Å². The van der Waals surface area contributed by atoms with E-state index in [-0.39, 0.29) is 12.6 Å². The van der Waals surface area contributed by atoms with Gasteiger partial charge in [0.15, 0.2) is 0 Å². The summed E-state index contributed by atoms with van der Waals surface area (Å²) in [5.74, 6) is 0.405. The van der Waals surface area contributed by atoms with Crippen LogP contribution >= 0.6 is 11.3 Å². The Labute approximate surface area is 126 Å². The largest absolute Gasteiger partial charge is 0.497 e. The fourth-order valence-corrected chi connectivity index (χ4v) is 2.69. The van der Waals surface area contributed by atoms with Crippen molar-refractivity contribution < 1.29 is 14.3 Å². The molecule has 3 rings (SSSR count). The summed E-state index contributed by atoms with van der Waals surface area (Å²) < 4.78 is 11.4. The molecule has 0 atom stereocenters. The smallest absolute Gasteiger partial charge is 0.338 e. The molecule has 1 heterocycles. The number of aromatic nitrogens is 1. The molecule has 0 N–H and O–H groups in total. The zero-order valence-electron chi connectivity index (χ0n) is 11.4. The van der Waals surface area contributed by atoms with Crippen LogP contribution in [-0.4, -0.2) is 18.1 Å². The lowest BCUT2D eigenvalue weighted by molar-refractivity contribution is 0.0472. The number of nitrogens with zero attached hydrogens (tertiary/aromatic N) is 1. The van der Waals surface area contributed by atoms with E-state index in [9.17, 15) is 4.79 Å². The summed E-state index contributed by atoms with van der Waals surface area (Å²) in [5, 5.41) is 0. The Hall–Kier alpha value is -2.40. The van der Waals surface area contributed by atoms with Crippen LogP contribution in [0.5, 0.6) is 5.75 Å². The average molecular weight is 299 g/mol. The first kappa shape index (κ1) is 13.6. The number of carbonyl (C=O) groups excluding carboxylic acids is 1. The normalized spacial score (nSPS) is 10.5. The first-order valence-corrected chi connectivity index (χ1v) is 7.27. The van der Waals surface area contributed by atoms with Crippen molar-refractivity contribution in [1.29, 1.82) is 0 Å². The average Bonchev–Trinajstić information content (AvgIpc) is 3.00. The molecule has 1 aromatic heterocycles. The van der Waals surface area contributed by atoms with Crippen LogP contribution in [-0.2, 0) is 11.3 Å². The molecule has 0 saturated heterocycles. The summed E-state index contributed by atoms with van der Waals surface area (Å²) in [7, 11) is 1.61. The number of rotatable bonds is 4. The van der Waals surface area contributed by atoms with Crippen molar-refractivity contribution in [2.24, 2.45) is 0 Å². The van der Waals surface area contributed by atoms with Gasteiger partial charge in [-0.3, -0.25) is 0 Å². The molecular formula is C16H13NO3S. The van der Waals surface area contributed by atoms with Gasteiger partial charge in [-0.05, 0) is 35.9 Å². The van der Waals surface area contributed by atoms with E-state index < -0.39 is 0 Å². The van der Waals surface area contributed by atoms with Gasteiger partial charge in [-0.25, -0.2) is 9.78 Å². The molecular weight excluding hydrogens is 286 g/mol. The summed E-state index contributed by atoms with van der Waals surface area (Å²) in [6, 6.07) is 12.8. The third kappa shape index (κ3) is 3.03.